The van der Waals surface area contributed by atoms with E-state index < -0.39 is 5.91 Å². The van der Waals surface area contributed by atoms with Crippen molar-refractivity contribution in [2.24, 2.45) is 11.5 Å². The molecule has 0 atom stereocenters. The van der Waals surface area contributed by atoms with Gasteiger partial charge in [-0.3, -0.25) is 4.79 Å². The van der Waals surface area contributed by atoms with Gasteiger partial charge in [0.15, 0.2) is 0 Å². The largest absolute Gasteiger partial charge is 0.367 e. The number of pyridine rings is 1. The highest BCUT2D eigenvalue weighted by molar-refractivity contribution is 6.06. The maximum Gasteiger partial charge on any atom is 0.249 e. The molecule has 1 heterocycles. The average molecular weight is 256 g/mol. The SMILES string of the molecule is NC/C=C/CNc1cc(C(N)=O)c2ccccc2n1. The van der Waals surface area contributed by atoms with Gasteiger partial charge in [-0.25, -0.2) is 4.98 Å². The summed E-state index contributed by atoms with van der Waals surface area (Å²) in [6.07, 6.45) is 3.75. The second kappa shape index (κ2) is 5.97. The van der Waals surface area contributed by atoms with Gasteiger partial charge in [-0.05, 0) is 12.1 Å². The van der Waals surface area contributed by atoms with Gasteiger partial charge in [0.2, 0.25) is 5.91 Å². The number of nitrogens with two attached hydrogens (primary N) is 2. The fourth-order valence-electron chi connectivity index (χ4n) is 1.81. The topological polar surface area (TPSA) is 94.0 Å². The highest BCUT2D eigenvalue weighted by Gasteiger charge is 2.09. The molecule has 1 aromatic carbocycles. The first-order valence-corrected chi connectivity index (χ1v) is 6.01. The molecule has 0 bridgehead atoms. The molecule has 5 N–H and O–H groups in total. The number of aromatic nitrogens is 1. The van der Waals surface area contributed by atoms with Crippen LogP contribution in [0.1, 0.15) is 10.4 Å². The lowest BCUT2D eigenvalue weighted by atomic mass is 10.1. The number of anilines is 1. The van der Waals surface area contributed by atoms with Crippen LogP contribution < -0.4 is 16.8 Å². The number of fused-ring (bicyclic) bond motifs is 1. The molecule has 0 aliphatic rings. The highest BCUT2D eigenvalue weighted by atomic mass is 16.1. The molecule has 0 unspecified atom stereocenters. The van der Waals surface area contributed by atoms with Crippen LogP contribution in [-0.2, 0) is 0 Å². The predicted molar refractivity (Wildman–Crippen MR) is 76.9 cm³/mol. The second-order valence-electron chi connectivity index (χ2n) is 4.02. The summed E-state index contributed by atoms with van der Waals surface area (Å²) < 4.78 is 0. The maximum atomic E-state index is 11.5. The summed E-state index contributed by atoms with van der Waals surface area (Å²) >= 11 is 0. The lowest BCUT2D eigenvalue weighted by Crippen LogP contribution is -2.13. The van der Waals surface area contributed by atoms with E-state index in [4.69, 9.17) is 11.5 Å². The van der Waals surface area contributed by atoms with E-state index in [2.05, 4.69) is 10.3 Å². The molecule has 2 rings (SSSR count). The number of amides is 1. The first-order valence-electron chi connectivity index (χ1n) is 6.01. The highest BCUT2D eigenvalue weighted by Crippen LogP contribution is 2.20. The molecule has 1 amide bonds. The first-order chi connectivity index (χ1) is 9.22. The fourth-order valence-corrected chi connectivity index (χ4v) is 1.81. The Balaban J connectivity index is 2.35. The van der Waals surface area contributed by atoms with Crippen molar-refractivity contribution in [2.45, 2.75) is 0 Å². The monoisotopic (exact) mass is 256 g/mol. The minimum Gasteiger partial charge on any atom is -0.367 e. The van der Waals surface area contributed by atoms with Crippen LogP contribution >= 0.6 is 0 Å². The van der Waals surface area contributed by atoms with Crippen molar-refractivity contribution in [1.29, 1.82) is 0 Å². The third-order valence-electron chi connectivity index (χ3n) is 2.69. The Labute approximate surface area is 111 Å². The van der Waals surface area contributed by atoms with Gasteiger partial charge >= 0.3 is 0 Å². The summed E-state index contributed by atoms with van der Waals surface area (Å²) in [6, 6.07) is 9.08. The molecular formula is C14H16N4O. The van der Waals surface area contributed by atoms with Gasteiger partial charge in [0.05, 0.1) is 11.1 Å². The third kappa shape index (κ3) is 3.08. The summed E-state index contributed by atoms with van der Waals surface area (Å²) in [5.74, 6) is 0.160. The van der Waals surface area contributed by atoms with E-state index in [-0.39, 0.29) is 0 Å². The number of carbonyl (C=O) groups is 1. The van der Waals surface area contributed by atoms with Crippen molar-refractivity contribution in [3.63, 3.8) is 0 Å². The molecule has 0 aliphatic carbocycles. The number of primary amides is 1. The normalized spacial score (nSPS) is 11.0. The number of benzene rings is 1. The summed E-state index contributed by atoms with van der Waals surface area (Å²) in [5.41, 5.74) is 12.0. The van der Waals surface area contributed by atoms with E-state index in [1.165, 1.54) is 0 Å². The van der Waals surface area contributed by atoms with E-state index >= 15 is 0 Å². The molecule has 2 aromatic rings. The Morgan fingerprint density at radius 3 is 2.84 bits per heavy atom. The summed E-state index contributed by atoms with van der Waals surface area (Å²) in [4.78, 5) is 15.9. The van der Waals surface area contributed by atoms with Crippen molar-refractivity contribution < 1.29 is 4.79 Å². The molecular weight excluding hydrogens is 240 g/mol. The smallest absolute Gasteiger partial charge is 0.249 e. The average Bonchev–Trinajstić information content (AvgIpc) is 2.42. The van der Waals surface area contributed by atoms with E-state index in [0.717, 1.165) is 10.9 Å². The van der Waals surface area contributed by atoms with Gasteiger partial charge in [-0.15, -0.1) is 0 Å². The minimum atomic E-state index is -0.459. The lowest BCUT2D eigenvalue weighted by Gasteiger charge is -2.08. The second-order valence-corrected chi connectivity index (χ2v) is 4.02. The standard InChI is InChI=1S/C14H16N4O/c15-7-3-4-8-17-13-9-11(14(16)19)10-5-1-2-6-12(10)18-13/h1-6,9H,7-8,15H2,(H2,16,19)(H,17,18)/b4-3+. The molecule has 0 saturated carbocycles. The zero-order chi connectivity index (χ0) is 13.7. The lowest BCUT2D eigenvalue weighted by molar-refractivity contribution is 0.100. The molecule has 0 aliphatic heterocycles. The number of hydrogen-bond donors (Lipinski definition) is 3. The van der Waals surface area contributed by atoms with Crippen molar-refractivity contribution >= 4 is 22.6 Å². The van der Waals surface area contributed by atoms with Gasteiger partial charge in [0, 0.05) is 18.5 Å². The molecule has 98 valence electrons. The van der Waals surface area contributed by atoms with Gasteiger partial charge in [0.25, 0.3) is 0 Å². The van der Waals surface area contributed by atoms with Gasteiger partial charge in [-0.1, -0.05) is 30.4 Å². The van der Waals surface area contributed by atoms with Crippen LogP contribution in [0.4, 0.5) is 5.82 Å². The molecule has 0 fully saturated rings. The Morgan fingerprint density at radius 2 is 2.11 bits per heavy atom. The maximum absolute atomic E-state index is 11.5. The van der Waals surface area contributed by atoms with Crippen molar-refractivity contribution in [3.05, 3.63) is 48.0 Å². The Morgan fingerprint density at radius 1 is 1.32 bits per heavy atom. The number of para-hydroxylation sites is 1. The van der Waals surface area contributed by atoms with Crippen LogP contribution in [0.3, 0.4) is 0 Å². The molecule has 0 spiro atoms. The zero-order valence-corrected chi connectivity index (χ0v) is 10.5. The van der Waals surface area contributed by atoms with Gasteiger partial charge in [-0.2, -0.15) is 0 Å². The molecule has 19 heavy (non-hydrogen) atoms. The van der Waals surface area contributed by atoms with E-state index in [1.807, 2.05) is 36.4 Å². The van der Waals surface area contributed by atoms with E-state index in [1.54, 1.807) is 6.07 Å². The van der Waals surface area contributed by atoms with Gasteiger partial charge in [0.1, 0.15) is 5.82 Å². The Hall–Kier alpha value is -2.40. The number of nitrogens with zero attached hydrogens (tertiary/aromatic N) is 1. The predicted octanol–water partition coefficient (Wildman–Crippen LogP) is 1.26. The van der Waals surface area contributed by atoms with Crippen LogP contribution in [0.5, 0.6) is 0 Å². The van der Waals surface area contributed by atoms with Crippen molar-refractivity contribution in [3.8, 4) is 0 Å². The van der Waals surface area contributed by atoms with Gasteiger partial charge < -0.3 is 16.8 Å². The van der Waals surface area contributed by atoms with Crippen LogP contribution in [0.15, 0.2) is 42.5 Å². The van der Waals surface area contributed by atoms with E-state index in [9.17, 15) is 4.79 Å². The van der Waals surface area contributed by atoms with Crippen LogP contribution in [0.2, 0.25) is 0 Å². The minimum absolute atomic E-state index is 0.459. The van der Waals surface area contributed by atoms with Crippen molar-refractivity contribution in [1.82, 2.24) is 4.98 Å². The summed E-state index contributed by atoms with van der Waals surface area (Å²) in [5, 5.41) is 3.87. The third-order valence-corrected chi connectivity index (χ3v) is 2.69. The number of hydrogen-bond acceptors (Lipinski definition) is 4. The number of nitrogens with one attached hydrogen (secondary N) is 1. The summed E-state index contributed by atoms with van der Waals surface area (Å²) in [7, 11) is 0. The molecule has 0 saturated heterocycles. The van der Waals surface area contributed by atoms with Crippen molar-refractivity contribution in [2.75, 3.05) is 18.4 Å². The number of rotatable bonds is 5. The Kier molecular flexibility index (Phi) is 4.10. The van der Waals surface area contributed by atoms with Crippen LogP contribution in [0.25, 0.3) is 10.9 Å². The number of carbonyl (C=O) groups excluding carboxylic acids is 1. The van der Waals surface area contributed by atoms with E-state index in [0.29, 0.717) is 24.5 Å². The van der Waals surface area contributed by atoms with Crippen LogP contribution in [-0.4, -0.2) is 24.0 Å². The first kappa shape index (κ1) is 13.0. The molecule has 5 heteroatoms. The molecule has 1 aromatic heterocycles. The zero-order valence-electron chi connectivity index (χ0n) is 10.5. The quantitative estimate of drug-likeness (QED) is 0.702. The Bertz CT molecular complexity index is 622. The van der Waals surface area contributed by atoms with Crippen LogP contribution in [0, 0.1) is 0 Å². The summed E-state index contributed by atoms with van der Waals surface area (Å²) in [6.45, 7) is 1.10. The molecule has 5 nitrogen and oxygen atoms in total. The molecule has 0 radical (unpaired) electrons. The fraction of sp³-hybridized carbons (Fsp3) is 0.143.